The van der Waals surface area contributed by atoms with Gasteiger partial charge in [0.05, 0.1) is 0 Å². The van der Waals surface area contributed by atoms with Crippen LogP contribution in [0.4, 0.5) is 0 Å². The van der Waals surface area contributed by atoms with Crippen molar-refractivity contribution in [2.24, 2.45) is 17.6 Å². The first-order valence-electron chi connectivity index (χ1n) is 6.10. The number of hydrogen-bond acceptors (Lipinski definition) is 1. The average Bonchev–Trinajstić information content (AvgIpc) is 2.30. The van der Waals surface area contributed by atoms with Crippen molar-refractivity contribution >= 4 is 11.6 Å². The van der Waals surface area contributed by atoms with E-state index >= 15 is 0 Å². The molecule has 0 aliphatic carbocycles. The molecule has 90 valence electrons. The molecule has 0 spiro atoms. The van der Waals surface area contributed by atoms with E-state index in [4.69, 9.17) is 17.3 Å². The molecule has 0 saturated carbocycles. The smallest absolute Gasteiger partial charge is 0.0406 e. The SMILES string of the molecule is CCC(C)CC(CN)Cc1ccc(Cl)cc1. The number of benzene rings is 1. The summed E-state index contributed by atoms with van der Waals surface area (Å²) in [7, 11) is 0. The highest BCUT2D eigenvalue weighted by atomic mass is 35.5. The van der Waals surface area contributed by atoms with Gasteiger partial charge in [0.15, 0.2) is 0 Å². The van der Waals surface area contributed by atoms with Gasteiger partial charge in [-0.15, -0.1) is 0 Å². The standard InChI is InChI=1S/C14H22ClN/c1-3-11(2)8-13(10-16)9-12-4-6-14(15)7-5-12/h4-7,11,13H,3,8-10,16H2,1-2H3. The van der Waals surface area contributed by atoms with Crippen molar-refractivity contribution in [2.45, 2.75) is 33.1 Å². The lowest BCUT2D eigenvalue weighted by molar-refractivity contribution is 0.386. The zero-order chi connectivity index (χ0) is 12.0. The second-order valence-corrected chi connectivity index (χ2v) is 5.12. The molecule has 1 nitrogen and oxygen atoms in total. The van der Waals surface area contributed by atoms with Crippen LogP contribution in [0, 0.1) is 11.8 Å². The number of hydrogen-bond donors (Lipinski definition) is 1. The normalized spacial score (nSPS) is 14.8. The summed E-state index contributed by atoms with van der Waals surface area (Å²) in [5.74, 6) is 1.36. The first-order valence-corrected chi connectivity index (χ1v) is 6.48. The number of halogens is 1. The fourth-order valence-corrected chi connectivity index (χ4v) is 2.08. The molecular formula is C14H22ClN. The molecular weight excluding hydrogens is 218 g/mol. The second kappa shape index (κ2) is 6.93. The highest BCUT2D eigenvalue weighted by Crippen LogP contribution is 2.19. The van der Waals surface area contributed by atoms with Gasteiger partial charge in [0.1, 0.15) is 0 Å². The summed E-state index contributed by atoms with van der Waals surface area (Å²) in [6, 6.07) is 8.10. The fraction of sp³-hybridized carbons (Fsp3) is 0.571. The minimum atomic E-state index is 0.594. The van der Waals surface area contributed by atoms with E-state index in [1.807, 2.05) is 12.1 Å². The average molecular weight is 240 g/mol. The molecule has 2 N–H and O–H groups in total. The second-order valence-electron chi connectivity index (χ2n) is 4.68. The first-order chi connectivity index (χ1) is 7.65. The molecule has 1 rings (SSSR count). The van der Waals surface area contributed by atoms with Gasteiger partial charge in [-0.1, -0.05) is 44.0 Å². The van der Waals surface area contributed by atoms with Gasteiger partial charge in [-0.3, -0.25) is 0 Å². The van der Waals surface area contributed by atoms with Crippen molar-refractivity contribution in [3.8, 4) is 0 Å². The summed E-state index contributed by atoms with van der Waals surface area (Å²) in [6.07, 6.45) is 3.52. The van der Waals surface area contributed by atoms with Crippen LogP contribution in [-0.2, 0) is 6.42 Å². The zero-order valence-corrected chi connectivity index (χ0v) is 11.0. The van der Waals surface area contributed by atoms with Gasteiger partial charge in [-0.05, 0) is 48.9 Å². The van der Waals surface area contributed by atoms with E-state index in [2.05, 4.69) is 26.0 Å². The lowest BCUT2D eigenvalue weighted by atomic mass is 9.89. The van der Waals surface area contributed by atoms with Gasteiger partial charge in [0.25, 0.3) is 0 Å². The molecule has 0 amide bonds. The quantitative estimate of drug-likeness (QED) is 0.801. The summed E-state index contributed by atoms with van der Waals surface area (Å²) >= 11 is 5.86. The van der Waals surface area contributed by atoms with Gasteiger partial charge in [-0.25, -0.2) is 0 Å². The maximum atomic E-state index is 5.86. The Balaban J connectivity index is 2.52. The van der Waals surface area contributed by atoms with Crippen molar-refractivity contribution in [1.82, 2.24) is 0 Å². The van der Waals surface area contributed by atoms with Crippen LogP contribution in [0.15, 0.2) is 24.3 Å². The molecule has 0 heterocycles. The molecule has 0 aliphatic heterocycles. The van der Waals surface area contributed by atoms with Crippen LogP contribution in [-0.4, -0.2) is 6.54 Å². The fourth-order valence-electron chi connectivity index (χ4n) is 1.95. The van der Waals surface area contributed by atoms with Crippen LogP contribution in [0.2, 0.25) is 5.02 Å². The van der Waals surface area contributed by atoms with Crippen molar-refractivity contribution in [1.29, 1.82) is 0 Å². The Kier molecular flexibility index (Phi) is 5.86. The highest BCUT2D eigenvalue weighted by Gasteiger charge is 2.11. The molecule has 2 unspecified atom stereocenters. The van der Waals surface area contributed by atoms with Crippen LogP contribution in [0.25, 0.3) is 0 Å². The van der Waals surface area contributed by atoms with E-state index in [9.17, 15) is 0 Å². The predicted octanol–water partition coefficient (Wildman–Crippen LogP) is 3.89. The Morgan fingerprint density at radius 3 is 2.38 bits per heavy atom. The molecule has 2 atom stereocenters. The molecule has 1 aromatic rings. The molecule has 0 aliphatic rings. The third kappa shape index (κ3) is 4.54. The predicted molar refractivity (Wildman–Crippen MR) is 71.8 cm³/mol. The summed E-state index contributed by atoms with van der Waals surface area (Å²) in [5.41, 5.74) is 7.16. The Labute approximate surface area is 104 Å². The van der Waals surface area contributed by atoms with E-state index < -0.39 is 0 Å². The molecule has 0 aromatic heterocycles. The van der Waals surface area contributed by atoms with Gasteiger partial charge in [-0.2, -0.15) is 0 Å². The maximum Gasteiger partial charge on any atom is 0.0406 e. The van der Waals surface area contributed by atoms with Gasteiger partial charge in [0, 0.05) is 5.02 Å². The van der Waals surface area contributed by atoms with Crippen LogP contribution < -0.4 is 5.73 Å². The maximum absolute atomic E-state index is 5.86. The monoisotopic (exact) mass is 239 g/mol. The van der Waals surface area contributed by atoms with Crippen molar-refractivity contribution in [3.05, 3.63) is 34.9 Å². The van der Waals surface area contributed by atoms with Crippen LogP contribution in [0.5, 0.6) is 0 Å². The Morgan fingerprint density at radius 1 is 1.25 bits per heavy atom. The molecule has 0 radical (unpaired) electrons. The van der Waals surface area contributed by atoms with Crippen LogP contribution in [0.3, 0.4) is 0 Å². The Morgan fingerprint density at radius 2 is 1.88 bits per heavy atom. The Hall–Kier alpha value is -0.530. The molecule has 0 saturated heterocycles. The van der Waals surface area contributed by atoms with Crippen LogP contribution >= 0.6 is 11.6 Å². The van der Waals surface area contributed by atoms with E-state index in [1.165, 1.54) is 18.4 Å². The number of nitrogens with two attached hydrogens (primary N) is 1. The number of rotatable bonds is 6. The van der Waals surface area contributed by atoms with E-state index in [0.717, 1.165) is 23.9 Å². The topological polar surface area (TPSA) is 26.0 Å². The third-order valence-electron chi connectivity index (χ3n) is 3.20. The van der Waals surface area contributed by atoms with E-state index in [1.54, 1.807) is 0 Å². The zero-order valence-electron chi connectivity index (χ0n) is 10.2. The summed E-state index contributed by atoms with van der Waals surface area (Å²) in [6.45, 7) is 5.30. The lowest BCUT2D eigenvalue weighted by Gasteiger charge is -2.18. The molecule has 1 aromatic carbocycles. The van der Waals surface area contributed by atoms with Crippen molar-refractivity contribution < 1.29 is 0 Å². The van der Waals surface area contributed by atoms with E-state index in [-0.39, 0.29) is 0 Å². The molecule has 0 fully saturated rings. The minimum Gasteiger partial charge on any atom is -0.330 e. The van der Waals surface area contributed by atoms with Gasteiger partial charge in [0.2, 0.25) is 0 Å². The summed E-state index contributed by atoms with van der Waals surface area (Å²) in [5, 5.41) is 0.801. The summed E-state index contributed by atoms with van der Waals surface area (Å²) < 4.78 is 0. The largest absolute Gasteiger partial charge is 0.330 e. The minimum absolute atomic E-state index is 0.594. The Bertz CT molecular complexity index is 294. The molecule has 2 heteroatoms. The summed E-state index contributed by atoms with van der Waals surface area (Å²) in [4.78, 5) is 0. The molecule has 0 bridgehead atoms. The lowest BCUT2D eigenvalue weighted by Crippen LogP contribution is -2.19. The first kappa shape index (κ1) is 13.5. The highest BCUT2D eigenvalue weighted by molar-refractivity contribution is 6.30. The third-order valence-corrected chi connectivity index (χ3v) is 3.46. The van der Waals surface area contributed by atoms with Crippen molar-refractivity contribution in [2.75, 3.05) is 6.54 Å². The van der Waals surface area contributed by atoms with Gasteiger partial charge < -0.3 is 5.73 Å². The van der Waals surface area contributed by atoms with Gasteiger partial charge >= 0.3 is 0 Å². The van der Waals surface area contributed by atoms with Crippen molar-refractivity contribution in [3.63, 3.8) is 0 Å². The van der Waals surface area contributed by atoms with Crippen LogP contribution in [0.1, 0.15) is 32.3 Å². The van der Waals surface area contributed by atoms with E-state index in [0.29, 0.717) is 5.92 Å². The molecule has 16 heavy (non-hydrogen) atoms.